The summed E-state index contributed by atoms with van der Waals surface area (Å²) in [5.41, 5.74) is 0. The predicted octanol–water partition coefficient (Wildman–Crippen LogP) is 6.49. The van der Waals surface area contributed by atoms with Crippen molar-refractivity contribution in [2.75, 3.05) is 40.9 Å². The molecule has 0 aliphatic rings. The molecule has 234 valence electrons. The highest BCUT2D eigenvalue weighted by Gasteiger charge is 2.24. The van der Waals surface area contributed by atoms with Crippen LogP contribution in [-0.2, 0) is 18.4 Å². The Labute approximate surface area is 240 Å². The molecule has 3 unspecified atom stereocenters. The van der Waals surface area contributed by atoms with E-state index in [1.807, 2.05) is 21.1 Å². The standard InChI is InChI=1S/C30H63N2O6P/c1-6-8-10-12-14-16-17-19-21-23-29(33)28(27-38-39(35,36)37-26-25-32(3,4)5)31-30(34)24-22-20-18-15-13-11-9-7-2/h28-29,33H,6-27H2,1-5H3,(H-,31,34,35,36). The Bertz CT molecular complexity index is 629. The van der Waals surface area contributed by atoms with Crippen molar-refractivity contribution in [3.63, 3.8) is 0 Å². The number of phosphoric ester groups is 1. The smallest absolute Gasteiger partial charge is 0.268 e. The van der Waals surface area contributed by atoms with Crippen LogP contribution in [0, 0.1) is 0 Å². The molecule has 0 saturated heterocycles. The number of hydrogen-bond acceptors (Lipinski definition) is 6. The first-order chi connectivity index (χ1) is 18.5. The molecule has 0 aromatic rings. The van der Waals surface area contributed by atoms with E-state index in [0.717, 1.165) is 38.5 Å². The fourth-order valence-corrected chi connectivity index (χ4v) is 5.17. The Morgan fingerprint density at radius 3 is 1.74 bits per heavy atom. The van der Waals surface area contributed by atoms with Gasteiger partial charge in [0.2, 0.25) is 5.91 Å². The van der Waals surface area contributed by atoms with Crippen LogP contribution in [0.2, 0.25) is 0 Å². The zero-order valence-electron chi connectivity index (χ0n) is 26.1. The van der Waals surface area contributed by atoms with Gasteiger partial charge in [0.25, 0.3) is 7.82 Å². The molecule has 8 nitrogen and oxygen atoms in total. The van der Waals surface area contributed by atoms with Crippen LogP contribution in [-0.4, -0.2) is 68.5 Å². The molecule has 2 N–H and O–H groups in total. The van der Waals surface area contributed by atoms with Crippen LogP contribution in [0.25, 0.3) is 0 Å². The maximum atomic E-state index is 12.6. The van der Waals surface area contributed by atoms with Gasteiger partial charge in [0.05, 0.1) is 39.9 Å². The summed E-state index contributed by atoms with van der Waals surface area (Å²) in [6.07, 6.45) is 19.7. The highest BCUT2D eigenvalue weighted by molar-refractivity contribution is 7.45. The normalized spacial score (nSPS) is 15.2. The second-order valence-corrected chi connectivity index (χ2v) is 13.6. The zero-order chi connectivity index (χ0) is 29.4. The number of aliphatic hydroxyl groups is 1. The highest BCUT2D eigenvalue weighted by atomic mass is 31.2. The van der Waals surface area contributed by atoms with Gasteiger partial charge in [0, 0.05) is 6.42 Å². The number of quaternary nitrogens is 1. The molecule has 39 heavy (non-hydrogen) atoms. The minimum absolute atomic E-state index is 0.0146. The first-order valence-corrected chi connectivity index (χ1v) is 17.3. The van der Waals surface area contributed by atoms with E-state index in [-0.39, 0.29) is 19.1 Å². The molecule has 3 atom stereocenters. The second kappa shape index (κ2) is 24.1. The van der Waals surface area contributed by atoms with E-state index in [4.69, 9.17) is 9.05 Å². The number of carbonyl (C=O) groups excluding carboxylic acids is 1. The van der Waals surface area contributed by atoms with Crippen LogP contribution in [0.5, 0.6) is 0 Å². The van der Waals surface area contributed by atoms with E-state index in [2.05, 4.69) is 19.2 Å². The number of amides is 1. The van der Waals surface area contributed by atoms with Crippen LogP contribution >= 0.6 is 7.82 Å². The number of rotatable bonds is 28. The molecule has 9 heteroatoms. The molecule has 0 aliphatic carbocycles. The van der Waals surface area contributed by atoms with E-state index in [1.165, 1.54) is 70.6 Å². The first kappa shape index (κ1) is 38.5. The number of nitrogens with one attached hydrogen (secondary N) is 1. The molecular formula is C30H63N2O6P. The van der Waals surface area contributed by atoms with Gasteiger partial charge in [-0.05, 0) is 12.8 Å². The average Bonchev–Trinajstić information content (AvgIpc) is 2.86. The summed E-state index contributed by atoms with van der Waals surface area (Å²) in [5.74, 6) is -0.174. The molecule has 0 aromatic carbocycles. The fourth-order valence-electron chi connectivity index (χ4n) is 4.45. The second-order valence-electron chi connectivity index (χ2n) is 12.2. The van der Waals surface area contributed by atoms with Crippen molar-refractivity contribution in [2.24, 2.45) is 0 Å². The van der Waals surface area contributed by atoms with Gasteiger partial charge in [-0.25, -0.2) is 0 Å². The third-order valence-corrected chi connectivity index (χ3v) is 8.06. The summed E-state index contributed by atoms with van der Waals surface area (Å²) in [5, 5.41) is 13.7. The lowest BCUT2D eigenvalue weighted by atomic mass is 10.0. The summed E-state index contributed by atoms with van der Waals surface area (Å²) in [4.78, 5) is 24.9. The van der Waals surface area contributed by atoms with Gasteiger partial charge in [-0.1, -0.05) is 117 Å². The number of nitrogens with zero attached hydrogens (tertiary/aromatic N) is 1. The van der Waals surface area contributed by atoms with Crippen molar-refractivity contribution < 1.29 is 32.9 Å². The van der Waals surface area contributed by atoms with Crippen LogP contribution in [0.15, 0.2) is 0 Å². The lowest BCUT2D eigenvalue weighted by molar-refractivity contribution is -0.870. The van der Waals surface area contributed by atoms with E-state index in [1.54, 1.807) is 0 Å². The third-order valence-electron chi connectivity index (χ3n) is 7.10. The van der Waals surface area contributed by atoms with Gasteiger partial charge < -0.3 is 28.8 Å². The van der Waals surface area contributed by atoms with Crippen molar-refractivity contribution in [1.82, 2.24) is 5.32 Å². The maximum absolute atomic E-state index is 12.6. The third kappa shape index (κ3) is 26.2. The van der Waals surface area contributed by atoms with Crippen molar-refractivity contribution in [3.05, 3.63) is 0 Å². The van der Waals surface area contributed by atoms with Gasteiger partial charge in [0.15, 0.2) is 0 Å². The Kier molecular flexibility index (Phi) is 23.8. The maximum Gasteiger partial charge on any atom is 0.268 e. The Morgan fingerprint density at radius 2 is 1.26 bits per heavy atom. The Balaban J connectivity index is 4.58. The molecule has 0 rings (SSSR count). The van der Waals surface area contributed by atoms with Crippen LogP contribution < -0.4 is 10.2 Å². The number of likely N-dealkylation sites (N-methyl/N-ethyl adjacent to an activating group) is 1. The SMILES string of the molecule is CCCCCCCCCCCC(O)C(COP(=O)([O-])OCC[N+](C)(C)C)NC(=O)CCCCCCCCCC. The minimum atomic E-state index is -4.53. The van der Waals surface area contributed by atoms with E-state index >= 15 is 0 Å². The quantitative estimate of drug-likeness (QED) is 0.0624. The molecule has 0 spiro atoms. The van der Waals surface area contributed by atoms with Crippen LogP contribution in [0.3, 0.4) is 0 Å². The lowest BCUT2D eigenvalue weighted by Gasteiger charge is -2.30. The number of phosphoric acid groups is 1. The lowest BCUT2D eigenvalue weighted by Crippen LogP contribution is -2.46. The van der Waals surface area contributed by atoms with Crippen LogP contribution in [0.1, 0.15) is 136 Å². The summed E-state index contributed by atoms with van der Waals surface area (Å²) < 4.78 is 22.9. The van der Waals surface area contributed by atoms with Gasteiger partial charge in [-0.3, -0.25) is 9.36 Å². The number of aliphatic hydroxyl groups excluding tert-OH is 1. The van der Waals surface area contributed by atoms with E-state index in [9.17, 15) is 19.4 Å². The van der Waals surface area contributed by atoms with Crippen molar-refractivity contribution >= 4 is 13.7 Å². The van der Waals surface area contributed by atoms with Crippen molar-refractivity contribution in [1.29, 1.82) is 0 Å². The van der Waals surface area contributed by atoms with E-state index < -0.39 is 20.0 Å². The van der Waals surface area contributed by atoms with Gasteiger partial charge in [-0.15, -0.1) is 0 Å². The topological polar surface area (TPSA) is 108 Å². The van der Waals surface area contributed by atoms with Crippen molar-refractivity contribution in [2.45, 2.75) is 148 Å². The molecule has 0 saturated carbocycles. The molecule has 1 amide bonds. The summed E-state index contributed by atoms with van der Waals surface area (Å²) in [6.45, 7) is 4.63. The summed E-state index contributed by atoms with van der Waals surface area (Å²) >= 11 is 0. The molecule has 0 aliphatic heterocycles. The monoisotopic (exact) mass is 578 g/mol. The number of unbranched alkanes of at least 4 members (excludes halogenated alkanes) is 15. The Hall–Kier alpha value is -0.500. The Morgan fingerprint density at radius 1 is 0.795 bits per heavy atom. The molecule has 0 bridgehead atoms. The molecule has 0 radical (unpaired) electrons. The molecule has 0 fully saturated rings. The minimum Gasteiger partial charge on any atom is -0.756 e. The van der Waals surface area contributed by atoms with Gasteiger partial charge >= 0.3 is 0 Å². The summed E-state index contributed by atoms with van der Waals surface area (Å²) in [6, 6.07) is -0.787. The molecule has 0 aromatic heterocycles. The predicted molar refractivity (Wildman–Crippen MR) is 159 cm³/mol. The number of hydrogen-bond donors (Lipinski definition) is 2. The highest BCUT2D eigenvalue weighted by Crippen LogP contribution is 2.38. The largest absolute Gasteiger partial charge is 0.756 e. The molecule has 0 heterocycles. The fraction of sp³-hybridized carbons (Fsp3) is 0.967. The van der Waals surface area contributed by atoms with Gasteiger partial charge in [-0.2, -0.15) is 0 Å². The first-order valence-electron chi connectivity index (χ1n) is 15.9. The molecular weight excluding hydrogens is 515 g/mol. The average molecular weight is 579 g/mol. The number of carbonyl (C=O) groups is 1. The van der Waals surface area contributed by atoms with Crippen LogP contribution in [0.4, 0.5) is 0 Å². The summed E-state index contributed by atoms with van der Waals surface area (Å²) in [7, 11) is 1.30. The van der Waals surface area contributed by atoms with Gasteiger partial charge in [0.1, 0.15) is 13.2 Å². The zero-order valence-corrected chi connectivity index (χ0v) is 27.0. The van der Waals surface area contributed by atoms with Crippen molar-refractivity contribution in [3.8, 4) is 0 Å². The van der Waals surface area contributed by atoms with E-state index in [0.29, 0.717) is 23.9 Å².